The molecule has 0 radical (unpaired) electrons. The van der Waals surface area contributed by atoms with E-state index in [2.05, 4.69) is 10.6 Å². The number of hydrogen-bond acceptors (Lipinski definition) is 4. The maximum absolute atomic E-state index is 12.4. The summed E-state index contributed by atoms with van der Waals surface area (Å²) in [6.07, 6.45) is 0. The number of nitrogens with zero attached hydrogens (tertiary/aromatic N) is 1. The zero-order chi connectivity index (χ0) is 19.1. The molecule has 0 aliphatic carbocycles. The van der Waals surface area contributed by atoms with Gasteiger partial charge in [-0.3, -0.25) is 14.9 Å². The molecule has 2 N–H and O–H groups in total. The standard InChI is InChI=1S/C19H21N3O3S/c1-4-25-16-11-6-5-10-15(16)17(23)21-19(26)20-14-9-7-8-13(12-14)18(24)22(2)3/h5-12H,4H2,1-3H3,(H2,20,21,23,26). The van der Waals surface area contributed by atoms with Gasteiger partial charge in [0.05, 0.1) is 12.2 Å². The van der Waals surface area contributed by atoms with Crippen molar-refractivity contribution in [2.45, 2.75) is 6.92 Å². The zero-order valence-corrected chi connectivity index (χ0v) is 15.7. The molecule has 0 spiro atoms. The van der Waals surface area contributed by atoms with E-state index >= 15 is 0 Å². The summed E-state index contributed by atoms with van der Waals surface area (Å²) < 4.78 is 5.46. The first-order valence-corrected chi connectivity index (χ1v) is 8.49. The number of rotatable bonds is 5. The first-order valence-electron chi connectivity index (χ1n) is 8.08. The number of ether oxygens (including phenoxy) is 1. The van der Waals surface area contributed by atoms with Crippen molar-refractivity contribution in [3.63, 3.8) is 0 Å². The molecule has 0 unspecified atom stereocenters. The molecular formula is C19H21N3O3S. The summed E-state index contributed by atoms with van der Waals surface area (Å²) in [7, 11) is 3.37. The van der Waals surface area contributed by atoms with Crippen LogP contribution in [0, 0.1) is 0 Å². The quantitative estimate of drug-likeness (QED) is 0.791. The van der Waals surface area contributed by atoms with Crippen molar-refractivity contribution in [3.05, 3.63) is 59.7 Å². The lowest BCUT2D eigenvalue weighted by molar-refractivity contribution is 0.0827. The summed E-state index contributed by atoms with van der Waals surface area (Å²) in [6, 6.07) is 13.8. The van der Waals surface area contributed by atoms with Gasteiger partial charge in [-0.05, 0) is 49.5 Å². The van der Waals surface area contributed by atoms with E-state index in [9.17, 15) is 9.59 Å². The Bertz CT molecular complexity index is 821. The Kier molecular flexibility index (Phi) is 6.68. The molecule has 2 amide bonds. The van der Waals surface area contributed by atoms with Gasteiger partial charge in [-0.15, -0.1) is 0 Å². The van der Waals surface area contributed by atoms with Crippen LogP contribution in [0.15, 0.2) is 48.5 Å². The van der Waals surface area contributed by atoms with Gasteiger partial charge in [0.2, 0.25) is 0 Å². The summed E-state index contributed by atoms with van der Waals surface area (Å²) in [5, 5.41) is 5.67. The lowest BCUT2D eigenvalue weighted by Gasteiger charge is -2.14. The topological polar surface area (TPSA) is 70.7 Å². The molecule has 6 nitrogen and oxygen atoms in total. The first-order chi connectivity index (χ1) is 12.4. The second-order valence-corrected chi connectivity index (χ2v) is 6.03. The monoisotopic (exact) mass is 371 g/mol. The number of hydrogen-bond donors (Lipinski definition) is 2. The minimum Gasteiger partial charge on any atom is -0.493 e. The largest absolute Gasteiger partial charge is 0.493 e. The number of carbonyl (C=O) groups is 2. The predicted molar refractivity (Wildman–Crippen MR) is 106 cm³/mol. The van der Waals surface area contributed by atoms with Gasteiger partial charge in [-0.1, -0.05) is 18.2 Å². The van der Waals surface area contributed by atoms with Crippen molar-refractivity contribution in [2.24, 2.45) is 0 Å². The number of nitrogens with one attached hydrogen (secondary N) is 2. The van der Waals surface area contributed by atoms with Gasteiger partial charge >= 0.3 is 0 Å². The molecule has 2 aromatic carbocycles. The molecule has 7 heteroatoms. The van der Waals surface area contributed by atoms with Crippen LogP contribution >= 0.6 is 12.2 Å². The number of benzene rings is 2. The molecule has 2 rings (SSSR count). The van der Waals surface area contributed by atoms with Gasteiger partial charge in [0.1, 0.15) is 5.75 Å². The van der Waals surface area contributed by atoms with Gasteiger partial charge in [-0.25, -0.2) is 0 Å². The van der Waals surface area contributed by atoms with E-state index in [1.54, 1.807) is 62.6 Å². The van der Waals surface area contributed by atoms with Crippen molar-refractivity contribution in [2.75, 3.05) is 26.0 Å². The summed E-state index contributed by atoms with van der Waals surface area (Å²) in [6.45, 7) is 2.31. The van der Waals surface area contributed by atoms with E-state index < -0.39 is 0 Å². The Hall–Kier alpha value is -2.93. The maximum Gasteiger partial charge on any atom is 0.261 e. The van der Waals surface area contributed by atoms with Gasteiger partial charge in [0.15, 0.2) is 5.11 Å². The molecule has 0 fully saturated rings. The van der Waals surface area contributed by atoms with Crippen molar-refractivity contribution in [1.29, 1.82) is 0 Å². The highest BCUT2D eigenvalue weighted by Crippen LogP contribution is 2.18. The number of thiocarbonyl (C=S) groups is 1. The van der Waals surface area contributed by atoms with Crippen LogP contribution in [0.3, 0.4) is 0 Å². The predicted octanol–water partition coefficient (Wildman–Crippen LogP) is 2.91. The van der Waals surface area contributed by atoms with E-state index in [1.807, 2.05) is 6.92 Å². The number of amides is 2. The molecule has 0 bridgehead atoms. The Morgan fingerprint density at radius 2 is 1.85 bits per heavy atom. The second kappa shape index (κ2) is 8.96. The summed E-state index contributed by atoms with van der Waals surface area (Å²) in [4.78, 5) is 25.9. The molecular weight excluding hydrogens is 350 g/mol. The minimum absolute atomic E-state index is 0.116. The van der Waals surface area contributed by atoms with Crippen LogP contribution < -0.4 is 15.4 Å². The summed E-state index contributed by atoms with van der Waals surface area (Å²) in [5.41, 5.74) is 1.53. The van der Waals surface area contributed by atoms with Crippen LogP contribution in [0.5, 0.6) is 5.75 Å². The SMILES string of the molecule is CCOc1ccccc1C(=O)NC(=S)Nc1cccc(C(=O)N(C)C)c1. The highest BCUT2D eigenvalue weighted by atomic mass is 32.1. The van der Waals surface area contributed by atoms with E-state index in [4.69, 9.17) is 17.0 Å². The molecule has 26 heavy (non-hydrogen) atoms. The van der Waals surface area contributed by atoms with Gasteiger partial charge < -0.3 is 15.0 Å². The van der Waals surface area contributed by atoms with Gasteiger partial charge in [-0.2, -0.15) is 0 Å². The van der Waals surface area contributed by atoms with Crippen molar-refractivity contribution in [3.8, 4) is 5.75 Å². The van der Waals surface area contributed by atoms with E-state index in [0.29, 0.717) is 29.2 Å². The average Bonchev–Trinajstić information content (AvgIpc) is 2.61. The van der Waals surface area contributed by atoms with Crippen molar-refractivity contribution < 1.29 is 14.3 Å². The Morgan fingerprint density at radius 3 is 2.54 bits per heavy atom. The van der Waals surface area contributed by atoms with E-state index in [0.717, 1.165) is 0 Å². The van der Waals surface area contributed by atoms with Crippen molar-refractivity contribution in [1.82, 2.24) is 10.2 Å². The molecule has 136 valence electrons. The van der Waals surface area contributed by atoms with Crippen LogP contribution in [-0.2, 0) is 0 Å². The normalized spacial score (nSPS) is 9.96. The van der Waals surface area contributed by atoms with Crippen LogP contribution in [0.25, 0.3) is 0 Å². The third-order valence-electron chi connectivity index (χ3n) is 3.43. The Labute approximate surface area is 158 Å². The van der Waals surface area contributed by atoms with Crippen molar-refractivity contribution >= 4 is 34.8 Å². The summed E-state index contributed by atoms with van der Waals surface area (Å²) >= 11 is 5.20. The lowest BCUT2D eigenvalue weighted by atomic mass is 10.2. The Balaban J connectivity index is 2.06. The number of para-hydroxylation sites is 1. The van der Waals surface area contributed by atoms with Crippen LogP contribution in [-0.4, -0.2) is 42.5 Å². The maximum atomic E-state index is 12.4. The van der Waals surface area contributed by atoms with Gasteiger partial charge in [0.25, 0.3) is 11.8 Å². The number of carbonyl (C=O) groups excluding carboxylic acids is 2. The molecule has 0 saturated heterocycles. The fourth-order valence-corrected chi connectivity index (χ4v) is 2.47. The fraction of sp³-hybridized carbons (Fsp3) is 0.211. The zero-order valence-electron chi connectivity index (χ0n) is 14.9. The van der Waals surface area contributed by atoms with E-state index in [-0.39, 0.29) is 16.9 Å². The molecule has 0 heterocycles. The van der Waals surface area contributed by atoms with Crippen LogP contribution in [0.2, 0.25) is 0 Å². The third-order valence-corrected chi connectivity index (χ3v) is 3.64. The van der Waals surface area contributed by atoms with Crippen LogP contribution in [0.4, 0.5) is 5.69 Å². The highest BCUT2D eigenvalue weighted by Gasteiger charge is 2.14. The molecule has 0 aliphatic heterocycles. The lowest BCUT2D eigenvalue weighted by Crippen LogP contribution is -2.34. The molecule has 0 aliphatic rings. The third kappa shape index (κ3) is 5.03. The smallest absolute Gasteiger partial charge is 0.261 e. The second-order valence-electron chi connectivity index (χ2n) is 5.62. The Morgan fingerprint density at radius 1 is 1.12 bits per heavy atom. The number of anilines is 1. The van der Waals surface area contributed by atoms with E-state index in [1.165, 1.54) is 4.90 Å². The van der Waals surface area contributed by atoms with Crippen LogP contribution in [0.1, 0.15) is 27.6 Å². The molecule has 0 atom stereocenters. The fourth-order valence-electron chi connectivity index (χ4n) is 2.26. The molecule has 2 aromatic rings. The highest BCUT2D eigenvalue weighted by molar-refractivity contribution is 7.80. The molecule has 0 saturated carbocycles. The minimum atomic E-state index is -0.368. The average molecular weight is 371 g/mol. The first kappa shape index (κ1) is 19.4. The summed E-state index contributed by atoms with van der Waals surface area (Å²) in [5.74, 6) is 0.00944. The van der Waals surface area contributed by atoms with Gasteiger partial charge in [0, 0.05) is 25.3 Å². The molecule has 0 aromatic heterocycles.